The predicted octanol–water partition coefficient (Wildman–Crippen LogP) is 4.03. The molecule has 0 aliphatic carbocycles. The lowest BCUT2D eigenvalue weighted by Crippen LogP contribution is -2.25. The Bertz CT molecular complexity index is 1100. The molecule has 1 aliphatic heterocycles. The molecule has 0 bridgehead atoms. The summed E-state index contributed by atoms with van der Waals surface area (Å²) in [4.78, 5) is 42.2. The molecule has 1 aromatic heterocycles. The number of esters is 1. The number of carbonyl (C=O) groups excluding carboxylic acids is 3. The number of ether oxygens (including phenoxy) is 1. The minimum absolute atomic E-state index is 0.0913. The molecule has 3 aromatic rings. The Morgan fingerprint density at radius 2 is 1.83 bits per heavy atom. The molecule has 0 spiro atoms. The molecule has 2 aromatic carbocycles. The number of hydrogen-bond donors (Lipinski definition) is 1. The first-order valence-electron chi connectivity index (χ1n) is 9.68. The fourth-order valence-electron chi connectivity index (χ4n) is 3.78. The first kappa shape index (κ1) is 18.9. The average Bonchev–Trinajstić information content (AvgIpc) is 3.29. The zero-order valence-electron chi connectivity index (χ0n) is 16.4. The number of nitrogens with one attached hydrogen (secondary N) is 1. The van der Waals surface area contributed by atoms with Gasteiger partial charge in [-0.3, -0.25) is 9.59 Å². The summed E-state index contributed by atoms with van der Waals surface area (Å²) in [6, 6.07) is 14.3. The van der Waals surface area contributed by atoms with Crippen molar-refractivity contribution in [1.82, 2.24) is 4.98 Å². The van der Waals surface area contributed by atoms with Crippen LogP contribution in [0.4, 0.5) is 5.69 Å². The predicted molar refractivity (Wildman–Crippen MR) is 110 cm³/mol. The standard InChI is InChI=1S/C23H22N2O4/c1-14-21(18-6-3-4-7-19(18)24-14)22(27)15(2)29-23(28)16-9-11-17(12-10-16)25-13-5-8-20(25)26/h3-4,6-7,9-12,15,24H,5,8,13H2,1-2H3/t15-/m0/s1. The minimum atomic E-state index is -0.916. The molecule has 29 heavy (non-hydrogen) atoms. The van der Waals surface area contributed by atoms with Gasteiger partial charge in [-0.05, 0) is 50.6 Å². The molecule has 6 nitrogen and oxygen atoms in total. The monoisotopic (exact) mass is 390 g/mol. The van der Waals surface area contributed by atoms with E-state index in [0.717, 1.165) is 28.7 Å². The fraction of sp³-hybridized carbons (Fsp3) is 0.261. The molecule has 1 N–H and O–H groups in total. The van der Waals surface area contributed by atoms with Crippen molar-refractivity contribution in [2.24, 2.45) is 0 Å². The van der Waals surface area contributed by atoms with Crippen LogP contribution in [0.5, 0.6) is 0 Å². The van der Waals surface area contributed by atoms with Gasteiger partial charge in [0.15, 0.2) is 6.10 Å². The second kappa shape index (κ2) is 7.54. The smallest absolute Gasteiger partial charge is 0.338 e. The van der Waals surface area contributed by atoms with E-state index in [1.165, 1.54) is 0 Å². The number of anilines is 1. The molecule has 1 atom stereocenters. The highest BCUT2D eigenvalue weighted by atomic mass is 16.5. The zero-order chi connectivity index (χ0) is 20.5. The number of nitrogens with zero attached hydrogens (tertiary/aromatic N) is 1. The number of aryl methyl sites for hydroxylation is 1. The Labute approximate surface area is 168 Å². The van der Waals surface area contributed by atoms with E-state index in [1.807, 2.05) is 31.2 Å². The van der Waals surface area contributed by atoms with E-state index in [2.05, 4.69) is 4.98 Å². The second-order valence-electron chi connectivity index (χ2n) is 7.28. The Kier molecular flexibility index (Phi) is 4.92. The highest BCUT2D eigenvalue weighted by Crippen LogP contribution is 2.25. The highest BCUT2D eigenvalue weighted by Gasteiger charge is 2.25. The summed E-state index contributed by atoms with van der Waals surface area (Å²) in [6.45, 7) is 4.11. The number of ketones is 1. The number of benzene rings is 2. The summed E-state index contributed by atoms with van der Waals surface area (Å²) in [5.41, 5.74) is 3.28. The van der Waals surface area contributed by atoms with Crippen LogP contribution in [-0.2, 0) is 9.53 Å². The Morgan fingerprint density at radius 1 is 1.10 bits per heavy atom. The maximum atomic E-state index is 12.9. The summed E-state index contributed by atoms with van der Waals surface area (Å²) >= 11 is 0. The van der Waals surface area contributed by atoms with Gasteiger partial charge in [-0.1, -0.05) is 18.2 Å². The number of carbonyl (C=O) groups is 3. The molecule has 6 heteroatoms. The van der Waals surface area contributed by atoms with Crippen molar-refractivity contribution in [2.75, 3.05) is 11.4 Å². The van der Waals surface area contributed by atoms with E-state index < -0.39 is 12.1 Å². The maximum absolute atomic E-state index is 12.9. The summed E-state index contributed by atoms with van der Waals surface area (Å²) < 4.78 is 5.43. The maximum Gasteiger partial charge on any atom is 0.338 e. The van der Waals surface area contributed by atoms with Gasteiger partial charge in [-0.2, -0.15) is 0 Å². The topological polar surface area (TPSA) is 79.5 Å². The van der Waals surface area contributed by atoms with Crippen LogP contribution in [0.3, 0.4) is 0 Å². The van der Waals surface area contributed by atoms with Gasteiger partial charge in [-0.15, -0.1) is 0 Å². The third-order valence-electron chi connectivity index (χ3n) is 5.28. The number of fused-ring (bicyclic) bond motifs is 1. The van der Waals surface area contributed by atoms with Crippen LogP contribution in [0.1, 0.15) is 46.2 Å². The SMILES string of the molecule is Cc1[nH]c2ccccc2c1C(=O)[C@H](C)OC(=O)c1ccc(N2CCCC2=O)cc1. The first-order valence-corrected chi connectivity index (χ1v) is 9.68. The van der Waals surface area contributed by atoms with Crippen molar-refractivity contribution < 1.29 is 19.1 Å². The number of aromatic nitrogens is 1. The number of aromatic amines is 1. The number of Topliss-reactive ketones (excluding diaryl/α,β-unsaturated/α-hetero) is 1. The lowest BCUT2D eigenvalue weighted by Gasteiger charge is -2.16. The molecule has 1 fully saturated rings. The van der Waals surface area contributed by atoms with Gasteiger partial charge in [0, 0.05) is 40.8 Å². The molecule has 1 saturated heterocycles. The lowest BCUT2D eigenvalue weighted by atomic mass is 10.0. The number of para-hydroxylation sites is 1. The van der Waals surface area contributed by atoms with Crippen LogP contribution >= 0.6 is 0 Å². The first-order chi connectivity index (χ1) is 14.0. The zero-order valence-corrected chi connectivity index (χ0v) is 16.4. The van der Waals surface area contributed by atoms with Crippen molar-refractivity contribution in [3.05, 3.63) is 65.4 Å². The molecule has 4 rings (SSSR count). The van der Waals surface area contributed by atoms with E-state index in [0.29, 0.717) is 24.1 Å². The van der Waals surface area contributed by atoms with E-state index in [4.69, 9.17) is 4.74 Å². The largest absolute Gasteiger partial charge is 0.451 e. The number of rotatable bonds is 5. The van der Waals surface area contributed by atoms with Gasteiger partial charge in [0.1, 0.15) is 0 Å². The summed E-state index contributed by atoms with van der Waals surface area (Å²) in [5.74, 6) is -0.719. The van der Waals surface area contributed by atoms with Crippen LogP contribution in [0.25, 0.3) is 10.9 Å². The van der Waals surface area contributed by atoms with Crippen LogP contribution in [-0.4, -0.2) is 35.3 Å². The number of H-pyrrole nitrogens is 1. The number of hydrogen-bond acceptors (Lipinski definition) is 4. The molecule has 1 amide bonds. The van der Waals surface area contributed by atoms with Crippen molar-refractivity contribution in [3.63, 3.8) is 0 Å². The van der Waals surface area contributed by atoms with Gasteiger partial charge >= 0.3 is 5.97 Å². The second-order valence-corrected chi connectivity index (χ2v) is 7.28. The molecule has 2 heterocycles. The molecule has 0 unspecified atom stereocenters. The van der Waals surface area contributed by atoms with Crippen molar-refractivity contribution in [2.45, 2.75) is 32.8 Å². The summed E-state index contributed by atoms with van der Waals surface area (Å²) in [6.07, 6.45) is 0.479. The highest BCUT2D eigenvalue weighted by molar-refractivity contribution is 6.11. The van der Waals surface area contributed by atoms with Crippen LogP contribution in [0, 0.1) is 6.92 Å². The summed E-state index contributed by atoms with van der Waals surface area (Å²) in [7, 11) is 0. The number of amides is 1. The van der Waals surface area contributed by atoms with E-state index in [1.54, 1.807) is 36.1 Å². The minimum Gasteiger partial charge on any atom is -0.451 e. The normalized spacial score (nSPS) is 15.0. The van der Waals surface area contributed by atoms with Gasteiger partial charge in [0.2, 0.25) is 11.7 Å². The van der Waals surface area contributed by atoms with E-state index in [9.17, 15) is 14.4 Å². The van der Waals surface area contributed by atoms with Crippen LogP contribution in [0.15, 0.2) is 48.5 Å². The van der Waals surface area contributed by atoms with Crippen molar-refractivity contribution in [3.8, 4) is 0 Å². The average molecular weight is 390 g/mol. The molecule has 1 aliphatic rings. The van der Waals surface area contributed by atoms with Gasteiger partial charge in [0.25, 0.3) is 0 Å². The molecule has 148 valence electrons. The van der Waals surface area contributed by atoms with Crippen molar-refractivity contribution >= 4 is 34.3 Å². The van der Waals surface area contributed by atoms with Crippen molar-refractivity contribution in [1.29, 1.82) is 0 Å². The quantitative estimate of drug-likeness (QED) is 0.527. The van der Waals surface area contributed by atoms with E-state index in [-0.39, 0.29) is 11.7 Å². The van der Waals surface area contributed by atoms with Gasteiger partial charge in [-0.25, -0.2) is 4.79 Å². The van der Waals surface area contributed by atoms with Crippen LogP contribution < -0.4 is 4.90 Å². The molecular formula is C23H22N2O4. The van der Waals surface area contributed by atoms with Crippen LogP contribution in [0.2, 0.25) is 0 Å². The third kappa shape index (κ3) is 3.53. The Hall–Kier alpha value is -3.41. The summed E-state index contributed by atoms with van der Waals surface area (Å²) in [5, 5.41) is 0.817. The molecule has 0 radical (unpaired) electrons. The fourth-order valence-corrected chi connectivity index (χ4v) is 3.78. The van der Waals surface area contributed by atoms with Gasteiger partial charge < -0.3 is 14.6 Å². The Morgan fingerprint density at radius 3 is 2.52 bits per heavy atom. The Balaban J connectivity index is 1.48. The lowest BCUT2D eigenvalue weighted by molar-refractivity contribution is -0.117. The van der Waals surface area contributed by atoms with Gasteiger partial charge in [0.05, 0.1) is 5.56 Å². The molecule has 0 saturated carbocycles. The van der Waals surface area contributed by atoms with E-state index >= 15 is 0 Å². The third-order valence-corrected chi connectivity index (χ3v) is 5.28. The molecular weight excluding hydrogens is 368 g/mol.